The zero-order valence-electron chi connectivity index (χ0n) is 24.0. The minimum Gasteiger partial charge on any atom is -0.488 e. The highest BCUT2D eigenvalue weighted by atomic mass is 32.2. The maximum absolute atomic E-state index is 13.1. The van der Waals surface area contributed by atoms with E-state index in [1.807, 2.05) is 58.9 Å². The van der Waals surface area contributed by atoms with Crippen molar-refractivity contribution in [2.45, 2.75) is 79.0 Å². The summed E-state index contributed by atoms with van der Waals surface area (Å²) < 4.78 is 24.3. The molecular formula is C28H45N5O4S. The van der Waals surface area contributed by atoms with Gasteiger partial charge in [-0.3, -0.25) is 18.8 Å². The van der Waals surface area contributed by atoms with Gasteiger partial charge in [0.1, 0.15) is 28.2 Å². The van der Waals surface area contributed by atoms with E-state index >= 15 is 0 Å². The Morgan fingerprint density at radius 2 is 1.58 bits per heavy atom. The zero-order valence-corrected chi connectivity index (χ0v) is 24.8. The van der Waals surface area contributed by atoms with Gasteiger partial charge in [-0.1, -0.05) is 6.92 Å². The Bertz CT molecular complexity index is 1200. The first kappa shape index (κ1) is 30.0. The lowest BCUT2D eigenvalue weighted by molar-refractivity contribution is 0.0821. The molecule has 38 heavy (non-hydrogen) atoms. The normalized spacial score (nSPS) is 15.8. The Balaban J connectivity index is 1.56. The molecule has 1 atom stereocenters. The number of hydrogen-bond acceptors (Lipinski definition) is 6. The molecule has 1 fully saturated rings. The molecule has 0 amide bonds. The lowest BCUT2D eigenvalue weighted by Crippen LogP contribution is -2.51. The van der Waals surface area contributed by atoms with Crippen LogP contribution in [-0.2, 0) is 11.0 Å². The lowest BCUT2D eigenvalue weighted by Gasteiger charge is -2.38. The summed E-state index contributed by atoms with van der Waals surface area (Å²) in [7, 11) is -1.06. The van der Waals surface area contributed by atoms with E-state index in [9.17, 15) is 13.8 Å². The second kappa shape index (κ2) is 13.0. The van der Waals surface area contributed by atoms with Crippen molar-refractivity contribution in [2.24, 2.45) is 0 Å². The van der Waals surface area contributed by atoms with Gasteiger partial charge in [-0.2, -0.15) is 0 Å². The SMILES string of the molecule is CCCS(=O)Nc1ccc(OC(C)(C)CCN2CCN(c3cc(=O)n(C(C)C)c(=O)n3C(C)C)CC2)cc1. The number of rotatable bonds is 12. The number of nitrogens with zero attached hydrogens (tertiary/aromatic N) is 4. The second-order valence-corrected chi connectivity index (χ2v) is 12.5. The average Bonchev–Trinajstić information content (AvgIpc) is 2.83. The quantitative estimate of drug-likeness (QED) is 0.432. The van der Waals surface area contributed by atoms with E-state index in [0.29, 0.717) is 11.6 Å². The number of aromatic nitrogens is 2. The van der Waals surface area contributed by atoms with Gasteiger partial charge < -0.3 is 14.4 Å². The summed E-state index contributed by atoms with van der Waals surface area (Å²) in [6.45, 7) is 18.0. The lowest BCUT2D eigenvalue weighted by atomic mass is 10.0. The first-order valence-corrected chi connectivity index (χ1v) is 15.0. The molecule has 1 aromatic heterocycles. The Hall–Kier alpha value is -2.59. The molecule has 10 heteroatoms. The van der Waals surface area contributed by atoms with E-state index in [2.05, 4.69) is 28.4 Å². The van der Waals surface area contributed by atoms with E-state index < -0.39 is 11.0 Å². The molecule has 0 aliphatic carbocycles. The molecule has 1 N–H and O–H groups in total. The number of anilines is 2. The maximum Gasteiger partial charge on any atom is 0.333 e. The zero-order chi connectivity index (χ0) is 28.0. The highest BCUT2D eigenvalue weighted by molar-refractivity contribution is 7.86. The minimum absolute atomic E-state index is 0.0394. The van der Waals surface area contributed by atoms with Crippen LogP contribution in [0.25, 0.3) is 0 Å². The van der Waals surface area contributed by atoms with Crippen LogP contribution in [0.5, 0.6) is 5.75 Å². The van der Waals surface area contributed by atoms with Gasteiger partial charge >= 0.3 is 5.69 Å². The molecule has 2 aromatic rings. The van der Waals surface area contributed by atoms with Crippen molar-refractivity contribution < 1.29 is 8.95 Å². The monoisotopic (exact) mass is 547 g/mol. The molecule has 212 valence electrons. The van der Waals surface area contributed by atoms with E-state index in [0.717, 1.165) is 57.0 Å². The molecule has 0 spiro atoms. The van der Waals surface area contributed by atoms with Crippen molar-refractivity contribution in [3.8, 4) is 5.75 Å². The van der Waals surface area contributed by atoms with Crippen molar-refractivity contribution in [3.05, 3.63) is 51.2 Å². The Labute approximate surface area is 229 Å². The fraction of sp³-hybridized carbons (Fsp3) is 0.643. The molecule has 1 unspecified atom stereocenters. The van der Waals surface area contributed by atoms with Crippen LogP contribution in [0.4, 0.5) is 11.5 Å². The molecule has 1 aliphatic heterocycles. The van der Waals surface area contributed by atoms with Gasteiger partial charge in [0.25, 0.3) is 5.56 Å². The van der Waals surface area contributed by atoms with Crippen molar-refractivity contribution in [3.63, 3.8) is 0 Å². The predicted octanol–water partition coefficient (Wildman–Crippen LogP) is 4.03. The Kier molecular flexibility index (Phi) is 10.2. The molecule has 2 heterocycles. The summed E-state index contributed by atoms with van der Waals surface area (Å²) in [5.41, 5.74) is -0.00582. The van der Waals surface area contributed by atoms with Crippen molar-refractivity contribution in [1.82, 2.24) is 14.0 Å². The van der Waals surface area contributed by atoms with E-state index in [1.165, 1.54) is 4.57 Å². The first-order chi connectivity index (χ1) is 17.9. The Morgan fingerprint density at radius 1 is 0.974 bits per heavy atom. The molecular weight excluding hydrogens is 502 g/mol. The molecule has 9 nitrogen and oxygen atoms in total. The Morgan fingerprint density at radius 3 is 2.13 bits per heavy atom. The highest BCUT2D eigenvalue weighted by Gasteiger charge is 2.26. The van der Waals surface area contributed by atoms with Crippen molar-refractivity contribution in [2.75, 3.05) is 48.1 Å². The van der Waals surface area contributed by atoms with Crippen LogP contribution in [0.1, 0.15) is 73.4 Å². The summed E-state index contributed by atoms with van der Waals surface area (Å²) in [6.07, 6.45) is 1.73. The summed E-state index contributed by atoms with van der Waals surface area (Å²) in [4.78, 5) is 30.4. The molecule has 3 rings (SSSR count). The van der Waals surface area contributed by atoms with Gasteiger partial charge in [0, 0.05) is 62.3 Å². The second-order valence-electron chi connectivity index (χ2n) is 11.2. The fourth-order valence-electron chi connectivity index (χ4n) is 4.72. The third kappa shape index (κ3) is 7.72. The first-order valence-electron chi connectivity index (χ1n) is 13.7. The van der Waals surface area contributed by atoms with Crippen LogP contribution in [0.15, 0.2) is 39.9 Å². The van der Waals surface area contributed by atoms with Crippen LogP contribution in [0, 0.1) is 0 Å². The predicted molar refractivity (Wildman–Crippen MR) is 157 cm³/mol. The standard InChI is InChI=1S/C28H45N5O4S/c1-8-19-38(36)29-23-9-11-24(12-10-23)37-28(6,7)13-14-30-15-17-31(18-16-30)25-20-26(34)33(22(4)5)27(35)32(25)21(2)3/h9-12,20-22,29H,8,13-19H2,1-7H3. The third-order valence-corrected chi connectivity index (χ3v) is 8.02. The van der Waals surface area contributed by atoms with Crippen LogP contribution >= 0.6 is 0 Å². The molecule has 1 saturated heterocycles. The van der Waals surface area contributed by atoms with Crippen LogP contribution in [0.2, 0.25) is 0 Å². The number of piperazine rings is 1. The molecule has 1 aromatic carbocycles. The smallest absolute Gasteiger partial charge is 0.333 e. The number of hydrogen-bond donors (Lipinski definition) is 1. The fourth-order valence-corrected chi connectivity index (χ4v) is 5.59. The summed E-state index contributed by atoms with van der Waals surface area (Å²) in [6, 6.07) is 9.02. The number of benzene rings is 1. The molecule has 0 radical (unpaired) electrons. The van der Waals surface area contributed by atoms with Gasteiger partial charge in [-0.05, 0) is 78.6 Å². The summed E-state index contributed by atoms with van der Waals surface area (Å²) in [5, 5.41) is 0. The van der Waals surface area contributed by atoms with Gasteiger partial charge in [0.2, 0.25) is 0 Å². The molecule has 0 saturated carbocycles. The maximum atomic E-state index is 13.1. The third-order valence-electron chi connectivity index (χ3n) is 6.78. The van der Waals surface area contributed by atoms with E-state index in [1.54, 1.807) is 10.6 Å². The largest absolute Gasteiger partial charge is 0.488 e. The van der Waals surface area contributed by atoms with E-state index in [-0.39, 0.29) is 28.9 Å². The number of nitrogens with one attached hydrogen (secondary N) is 1. The minimum atomic E-state index is -1.06. The van der Waals surface area contributed by atoms with Gasteiger partial charge in [-0.15, -0.1) is 0 Å². The van der Waals surface area contributed by atoms with Gasteiger partial charge in [0.05, 0.1) is 0 Å². The topological polar surface area (TPSA) is 88.8 Å². The van der Waals surface area contributed by atoms with Crippen LogP contribution < -0.4 is 25.6 Å². The van der Waals surface area contributed by atoms with Crippen molar-refractivity contribution in [1.29, 1.82) is 0 Å². The van der Waals surface area contributed by atoms with Gasteiger partial charge in [-0.25, -0.2) is 9.00 Å². The molecule has 0 bridgehead atoms. The molecule has 1 aliphatic rings. The summed E-state index contributed by atoms with van der Waals surface area (Å²) >= 11 is 0. The van der Waals surface area contributed by atoms with E-state index in [4.69, 9.17) is 4.74 Å². The van der Waals surface area contributed by atoms with Crippen molar-refractivity contribution >= 4 is 22.5 Å². The number of ether oxygens (including phenoxy) is 1. The summed E-state index contributed by atoms with van der Waals surface area (Å²) in [5.74, 6) is 2.13. The van der Waals surface area contributed by atoms with Gasteiger partial charge in [0.15, 0.2) is 0 Å². The van der Waals surface area contributed by atoms with Crippen LogP contribution in [-0.4, -0.2) is 62.3 Å². The van der Waals surface area contributed by atoms with Crippen LogP contribution in [0.3, 0.4) is 0 Å². The highest BCUT2D eigenvalue weighted by Crippen LogP contribution is 2.24. The average molecular weight is 548 g/mol.